The summed E-state index contributed by atoms with van der Waals surface area (Å²) in [6, 6.07) is 13.9. The van der Waals surface area contributed by atoms with Gasteiger partial charge in [-0.15, -0.1) is 0 Å². The maximum atomic E-state index is 13.0. The molecular weight excluding hydrogens is 345 g/mol. The standard InChI is InChI=1S/C18H13F3N4O/c19-18(20,21)13-8-4-5-9-14(13)25-17(26)15-10-23-16(11-22-15)24-12-6-2-1-3-7-12/h1-11H,(H,23,24)(H,25,26). The van der Waals surface area contributed by atoms with Gasteiger partial charge >= 0.3 is 6.18 Å². The lowest BCUT2D eigenvalue weighted by molar-refractivity contribution is -0.136. The van der Waals surface area contributed by atoms with Crippen molar-refractivity contribution in [3.8, 4) is 0 Å². The Morgan fingerprint density at radius 1 is 0.885 bits per heavy atom. The van der Waals surface area contributed by atoms with Crippen molar-refractivity contribution < 1.29 is 18.0 Å². The van der Waals surface area contributed by atoms with E-state index in [2.05, 4.69) is 20.6 Å². The first kappa shape index (κ1) is 17.4. The number of carbonyl (C=O) groups is 1. The Bertz CT molecular complexity index is 896. The first-order valence-corrected chi connectivity index (χ1v) is 7.55. The minimum atomic E-state index is -4.57. The Morgan fingerprint density at radius 3 is 2.23 bits per heavy atom. The van der Waals surface area contributed by atoms with E-state index in [1.165, 1.54) is 30.6 Å². The van der Waals surface area contributed by atoms with Crippen LogP contribution in [0.25, 0.3) is 0 Å². The number of nitrogens with one attached hydrogen (secondary N) is 2. The number of hydrogen-bond acceptors (Lipinski definition) is 4. The summed E-state index contributed by atoms with van der Waals surface area (Å²) in [6.07, 6.45) is -2.05. The van der Waals surface area contributed by atoms with Crippen LogP contribution in [0.5, 0.6) is 0 Å². The van der Waals surface area contributed by atoms with Crippen LogP contribution in [0.4, 0.5) is 30.4 Å². The zero-order valence-electron chi connectivity index (χ0n) is 13.3. The summed E-state index contributed by atoms with van der Waals surface area (Å²) in [5.41, 5.74) is -0.569. The van der Waals surface area contributed by atoms with Gasteiger partial charge in [-0.1, -0.05) is 30.3 Å². The normalized spacial score (nSPS) is 11.0. The van der Waals surface area contributed by atoms with Crippen molar-refractivity contribution in [2.75, 3.05) is 10.6 Å². The first-order valence-electron chi connectivity index (χ1n) is 7.55. The van der Waals surface area contributed by atoms with E-state index in [1.54, 1.807) is 0 Å². The highest BCUT2D eigenvalue weighted by Crippen LogP contribution is 2.34. The van der Waals surface area contributed by atoms with Gasteiger partial charge in [-0.25, -0.2) is 9.97 Å². The second-order valence-corrected chi connectivity index (χ2v) is 5.28. The number of benzene rings is 2. The number of carbonyl (C=O) groups excluding carboxylic acids is 1. The molecule has 0 aliphatic carbocycles. The molecule has 0 atom stereocenters. The molecule has 0 aliphatic heterocycles. The zero-order chi connectivity index (χ0) is 18.6. The molecule has 3 aromatic rings. The van der Waals surface area contributed by atoms with Crippen LogP contribution in [0, 0.1) is 0 Å². The van der Waals surface area contributed by atoms with Gasteiger partial charge in [-0.3, -0.25) is 4.79 Å². The molecule has 0 spiro atoms. The monoisotopic (exact) mass is 358 g/mol. The molecule has 5 nitrogen and oxygen atoms in total. The van der Waals surface area contributed by atoms with Crippen LogP contribution in [0.15, 0.2) is 67.0 Å². The Balaban J connectivity index is 1.73. The SMILES string of the molecule is O=C(Nc1ccccc1C(F)(F)F)c1cnc(Nc2ccccc2)cn1. The van der Waals surface area contributed by atoms with Crippen molar-refractivity contribution in [2.45, 2.75) is 6.18 Å². The molecule has 1 heterocycles. The Hall–Kier alpha value is -3.42. The maximum Gasteiger partial charge on any atom is 0.418 e. The van der Waals surface area contributed by atoms with Crippen LogP contribution in [0.2, 0.25) is 0 Å². The highest BCUT2D eigenvalue weighted by Gasteiger charge is 2.33. The summed E-state index contributed by atoms with van der Waals surface area (Å²) < 4.78 is 38.9. The maximum absolute atomic E-state index is 13.0. The van der Waals surface area contributed by atoms with Crippen molar-refractivity contribution in [2.24, 2.45) is 0 Å². The van der Waals surface area contributed by atoms with Crippen molar-refractivity contribution >= 4 is 23.1 Å². The van der Waals surface area contributed by atoms with Gasteiger partial charge in [0.1, 0.15) is 11.5 Å². The van der Waals surface area contributed by atoms with Crippen LogP contribution < -0.4 is 10.6 Å². The molecule has 1 aromatic heterocycles. The minimum absolute atomic E-state index is 0.0967. The second kappa shape index (κ2) is 7.22. The largest absolute Gasteiger partial charge is 0.418 e. The number of amides is 1. The third kappa shape index (κ3) is 4.15. The van der Waals surface area contributed by atoms with E-state index in [9.17, 15) is 18.0 Å². The van der Waals surface area contributed by atoms with Gasteiger partial charge in [0.15, 0.2) is 0 Å². The molecule has 0 radical (unpaired) electrons. The van der Waals surface area contributed by atoms with Gasteiger partial charge < -0.3 is 10.6 Å². The van der Waals surface area contributed by atoms with E-state index >= 15 is 0 Å². The zero-order valence-corrected chi connectivity index (χ0v) is 13.3. The van der Waals surface area contributed by atoms with E-state index < -0.39 is 17.6 Å². The number of alkyl halides is 3. The van der Waals surface area contributed by atoms with Crippen molar-refractivity contribution in [3.63, 3.8) is 0 Å². The molecule has 0 saturated carbocycles. The van der Waals surface area contributed by atoms with Gasteiger partial charge in [0.25, 0.3) is 5.91 Å². The summed E-state index contributed by atoms with van der Waals surface area (Å²) in [5.74, 6) is -0.371. The Morgan fingerprint density at radius 2 is 1.58 bits per heavy atom. The van der Waals surface area contributed by atoms with Crippen molar-refractivity contribution in [1.29, 1.82) is 0 Å². The van der Waals surface area contributed by atoms with Crippen LogP contribution in [0.1, 0.15) is 16.1 Å². The van der Waals surface area contributed by atoms with E-state index in [1.807, 2.05) is 30.3 Å². The molecule has 0 bridgehead atoms. The van der Waals surface area contributed by atoms with Gasteiger partial charge in [0.2, 0.25) is 0 Å². The third-order valence-electron chi connectivity index (χ3n) is 3.41. The van der Waals surface area contributed by atoms with Crippen LogP contribution in [-0.2, 0) is 6.18 Å². The molecule has 2 aromatic carbocycles. The number of aromatic nitrogens is 2. The number of para-hydroxylation sites is 2. The second-order valence-electron chi connectivity index (χ2n) is 5.28. The predicted octanol–water partition coefficient (Wildman–Crippen LogP) is 4.49. The van der Waals surface area contributed by atoms with Crippen LogP contribution in [-0.4, -0.2) is 15.9 Å². The number of halogens is 3. The van der Waals surface area contributed by atoms with Gasteiger partial charge in [-0.2, -0.15) is 13.2 Å². The third-order valence-corrected chi connectivity index (χ3v) is 3.41. The van der Waals surface area contributed by atoms with E-state index in [4.69, 9.17) is 0 Å². The smallest absolute Gasteiger partial charge is 0.339 e. The lowest BCUT2D eigenvalue weighted by Gasteiger charge is -2.13. The van der Waals surface area contributed by atoms with Crippen molar-refractivity contribution in [3.05, 3.63) is 78.2 Å². The van der Waals surface area contributed by atoms with Crippen LogP contribution >= 0.6 is 0 Å². The van der Waals surface area contributed by atoms with Gasteiger partial charge in [-0.05, 0) is 24.3 Å². The molecule has 0 unspecified atom stereocenters. The lowest BCUT2D eigenvalue weighted by Crippen LogP contribution is -2.18. The molecule has 26 heavy (non-hydrogen) atoms. The topological polar surface area (TPSA) is 66.9 Å². The molecule has 132 valence electrons. The molecule has 3 rings (SSSR count). The van der Waals surface area contributed by atoms with Crippen LogP contribution in [0.3, 0.4) is 0 Å². The Labute approximate surface area is 146 Å². The van der Waals surface area contributed by atoms with E-state index in [0.29, 0.717) is 5.82 Å². The summed E-state index contributed by atoms with van der Waals surface area (Å²) in [7, 11) is 0. The molecular formula is C18H13F3N4O. The highest BCUT2D eigenvalue weighted by atomic mass is 19.4. The molecule has 0 fully saturated rings. The number of rotatable bonds is 4. The molecule has 1 amide bonds. The fourth-order valence-electron chi connectivity index (χ4n) is 2.20. The summed E-state index contributed by atoms with van der Waals surface area (Å²) in [6.45, 7) is 0. The Kier molecular flexibility index (Phi) is 4.83. The fourth-order valence-corrected chi connectivity index (χ4v) is 2.20. The average molecular weight is 358 g/mol. The molecule has 0 saturated heterocycles. The number of anilines is 3. The average Bonchev–Trinajstić information content (AvgIpc) is 2.63. The highest BCUT2D eigenvalue weighted by molar-refractivity contribution is 6.03. The minimum Gasteiger partial charge on any atom is -0.339 e. The number of nitrogens with zero attached hydrogens (tertiary/aromatic N) is 2. The van der Waals surface area contributed by atoms with Gasteiger partial charge in [0.05, 0.1) is 23.6 Å². The van der Waals surface area contributed by atoms with Gasteiger partial charge in [0, 0.05) is 5.69 Å². The molecule has 8 heteroatoms. The summed E-state index contributed by atoms with van der Waals surface area (Å²) in [4.78, 5) is 20.2. The fraction of sp³-hybridized carbons (Fsp3) is 0.0556. The quantitative estimate of drug-likeness (QED) is 0.721. The van der Waals surface area contributed by atoms with E-state index in [-0.39, 0.29) is 11.4 Å². The summed E-state index contributed by atoms with van der Waals surface area (Å²) in [5, 5.41) is 5.22. The van der Waals surface area contributed by atoms with E-state index in [0.717, 1.165) is 11.8 Å². The molecule has 0 aliphatic rings. The molecule has 2 N–H and O–H groups in total. The first-order chi connectivity index (χ1) is 12.4. The predicted molar refractivity (Wildman–Crippen MR) is 91.2 cm³/mol. The van der Waals surface area contributed by atoms with Crippen molar-refractivity contribution in [1.82, 2.24) is 9.97 Å². The lowest BCUT2D eigenvalue weighted by atomic mass is 10.1. The summed E-state index contributed by atoms with van der Waals surface area (Å²) >= 11 is 0. The number of hydrogen-bond donors (Lipinski definition) is 2.